The maximum Gasteiger partial charge on any atom is 0.181 e. The number of para-hydroxylation sites is 1. The molecule has 78 valence electrons. The normalized spacial score (nSPS) is 15.7. The molecule has 1 N–H and O–H groups in total. The molecule has 1 atom stereocenters. The molecule has 15 heavy (non-hydrogen) atoms. The zero-order chi connectivity index (χ0) is 10.7. The van der Waals surface area contributed by atoms with E-state index in [2.05, 4.69) is 17.5 Å². The monoisotopic (exact) mass is 202 g/mol. The molecule has 1 aromatic rings. The first-order valence-corrected chi connectivity index (χ1v) is 5.23. The van der Waals surface area contributed by atoms with E-state index in [1.807, 2.05) is 12.1 Å². The summed E-state index contributed by atoms with van der Waals surface area (Å²) in [5.74, 6) is 0.793. The van der Waals surface area contributed by atoms with Crippen LogP contribution in [0.5, 0.6) is 5.75 Å². The minimum Gasteiger partial charge on any atom is -0.474 e. The van der Waals surface area contributed by atoms with Gasteiger partial charge in [-0.15, -0.1) is 0 Å². The van der Waals surface area contributed by atoms with Crippen LogP contribution < -0.4 is 10.1 Å². The molecule has 0 aromatic heterocycles. The number of rotatable bonds is 2. The van der Waals surface area contributed by atoms with Crippen molar-refractivity contribution in [1.29, 1.82) is 5.26 Å². The zero-order valence-corrected chi connectivity index (χ0v) is 8.79. The average Bonchev–Trinajstić information content (AvgIpc) is 2.29. The molecule has 0 fully saturated rings. The van der Waals surface area contributed by atoms with Gasteiger partial charge < -0.3 is 10.1 Å². The molecule has 1 heterocycles. The van der Waals surface area contributed by atoms with E-state index in [0.717, 1.165) is 30.8 Å². The standard InChI is InChI=1S/C12H14N2O/c1-9(8-13)15-11-6-2-4-10-5-3-7-14-12(10)11/h2,4,6,9,14H,3,5,7H2,1H3. The fourth-order valence-corrected chi connectivity index (χ4v) is 1.79. The van der Waals surface area contributed by atoms with Crippen molar-refractivity contribution in [2.24, 2.45) is 0 Å². The summed E-state index contributed by atoms with van der Waals surface area (Å²) in [4.78, 5) is 0. The highest BCUT2D eigenvalue weighted by Crippen LogP contribution is 2.32. The molecule has 0 spiro atoms. The predicted molar refractivity (Wildman–Crippen MR) is 59.0 cm³/mol. The molecular formula is C12H14N2O. The minimum absolute atomic E-state index is 0.403. The van der Waals surface area contributed by atoms with Gasteiger partial charge in [-0.1, -0.05) is 12.1 Å². The van der Waals surface area contributed by atoms with Crippen LogP contribution in [0.2, 0.25) is 0 Å². The highest BCUT2D eigenvalue weighted by molar-refractivity contribution is 5.63. The molecule has 0 radical (unpaired) electrons. The lowest BCUT2D eigenvalue weighted by atomic mass is 10.0. The van der Waals surface area contributed by atoms with Crippen molar-refractivity contribution in [1.82, 2.24) is 0 Å². The van der Waals surface area contributed by atoms with Gasteiger partial charge >= 0.3 is 0 Å². The molecule has 3 nitrogen and oxygen atoms in total. The van der Waals surface area contributed by atoms with Crippen LogP contribution in [0.15, 0.2) is 18.2 Å². The van der Waals surface area contributed by atoms with E-state index in [0.29, 0.717) is 0 Å². The van der Waals surface area contributed by atoms with Crippen molar-refractivity contribution in [2.75, 3.05) is 11.9 Å². The topological polar surface area (TPSA) is 45.0 Å². The summed E-state index contributed by atoms with van der Waals surface area (Å²) in [6, 6.07) is 8.06. The van der Waals surface area contributed by atoms with E-state index < -0.39 is 6.10 Å². The van der Waals surface area contributed by atoms with Crippen molar-refractivity contribution >= 4 is 5.69 Å². The number of hydrogen-bond acceptors (Lipinski definition) is 3. The summed E-state index contributed by atoms with van der Waals surface area (Å²) in [5.41, 5.74) is 2.34. The van der Waals surface area contributed by atoms with Crippen molar-refractivity contribution < 1.29 is 4.74 Å². The molecule has 0 amide bonds. The van der Waals surface area contributed by atoms with Crippen LogP contribution in [-0.4, -0.2) is 12.6 Å². The lowest BCUT2D eigenvalue weighted by Gasteiger charge is -2.21. The molecule has 0 saturated heterocycles. The quantitative estimate of drug-likeness (QED) is 0.800. The Kier molecular flexibility index (Phi) is 2.77. The first kappa shape index (κ1) is 9.85. The zero-order valence-electron chi connectivity index (χ0n) is 8.79. The number of ether oxygens (including phenoxy) is 1. The van der Waals surface area contributed by atoms with Crippen LogP contribution in [0.4, 0.5) is 5.69 Å². The van der Waals surface area contributed by atoms with Gasteiger partial charge in [-0.3, -0.25) is 0 Å². The first-order valence-electron chi connectivity index (χ1n) is 5.23. The minimum atomic E-state index is -0.403. The van der Waals surface area contributed by atoms with Crippen LogP contribution in [0, 0.1) is 11.3 Å². The van der Waals surface area contributed by atoms with Crippen LogP contribution in [-0.2, 0) is 6.42 Å². The van der Waals surface area contributed by atoms with Crippen molar-refractivity contribution in [3.05, 3.63) is 23.8 Å². The van der Waals surface area contributed by atoms with Gasteiger partial charge in [-0.25, -0.2) is 0 Å². The van der Waals surface area contributed by atoms with Gasteiger partial charge in [-0.2, -0.15) is 5.26 Å². The van der Waals surface area contributed by atoms with Gasteiger partial charge in [0.25, 0.3) is 0 Å². The molecule has 0 bridgehead atoms. The van der Waals surface area contributed by atoms with E-state index in [9.17, 15) is 0 Å². The van der Waals surface area contributed by atoms with Crippen LogP contribution in [0.25, 0.3) is 0 Å². The van der Waals surface area contributed by atoms with Gasteiger partial charge in [0.2, 0.25) is 0 Å². The van der Waals surface area contributed by atoms with Gasteiger partial charge in [0.1, 0.15) is 11.8 Å². The Morgan fingerprint density at radius 3 is 3.20 bits per heavy atom. The molecule has 2 rings (SSSR count). The fraction of sp³-hybridized carbons (Fsp3) is 0.417. The van der Waals surface area contributed by atoms with Crippen LogP contribution in [0.1, 0.15) is 18.9 Å². The van der Waals surface area contributed by atoms with Gasteiger partial charge in [0, 0.05) is 6.54 Å². The maximum atomic E-state index is 8.70. The second-order valence-corrected chi connectivity index (χ2v) is 3.71. The largest absolute Gasteiger partial charge is 0.474 e. The molecular weight excluding hydrogens is 188 g/mol. The Morgan fingerprint density at radius 2 is 2.40 bits per heavy atom. The van der Waals surface area contributed by atoms with E-state index >= 15 is 0 Å². The number of aryl methyl sites for hydroxylation is 1. The van der Waals surface area contributed by atoms with Crippen LogP contribution in [0.3, 0.4) is 0 Å². The molecule has 1 aliphatic heterocycles. The molecule has 0 aliphatic carbocycles. The Hall–Kier alpha value is -1.69. The fourth-order valence-electron chi connectivity index (χ4n) is 1.79. The number of nitrogens with zero attached hydrogens (tertiary/aromatic N) is 1. The second kappa shape index (κ2) is 4.22. The molecule has 1 unspecified atom stereocenters. The highest BCUT2D eigenvalue weighted by atomic mass is 16.5. The third kappa shape index (κ3) is 2.04. The third-order valence-corrected chi connectivity index (χ3v) is 2.52. The Bertz CT molecular complexity index is 395. The Balaban J connectivity index is 2.28. The first-order chi connectivity index (χ1) is 7.31. The van der Waals surface area contributed by atoms with E-state index in [-0.39, 0.29) is 0 Å². The summed E-state index contributed by atoms with van der Waals surface area (Å²) >= 11 is 0. The number of hydrogen-bond donors (Lipinski definition) is 1. The number of benzene rings is 1. The smallest absolute Gasteiger partial charge is 0.181 e. The average molecular weight is 202 g/mol. The summed E-state index contributed by atoms with van der Waals surface area (Å²) in [5, 5.41) is 12.0. The van der Waals surface area contributed by atoms with E-state index in [1.165, 1.54) is 5.56 Å². The number of nitriles is 1. The van der Waals surface area contributed by atoms with Crippen molar-refractivity contribution in [2.45, 2.75) is 25.9 Å². The molecule has 1 aliphatic rings. The second-order valence-electron chi connectivity index (χ2n) is 3.71. The Morgan fingerprint density at radius 1 is 1.53 bits per heavy atom. The van der Waals surface area contributed by atoms with Crippen molar-refractivity contribution in [3.8, 4) is 11.8 Å². The summed E-state index contributed by atoms with van der Waals surface area (Å²) in [6.07, 6.45) is 1.84. The van der Waals surface area contributed by atoms with Crippen LogP contribution >= 0.6 is 0 Å². The summed E-state index contributed by atoms with van der Waals surface area (Å²) in [6.45, 7) is 2.73. The van der Waals surface area contributed by atoms with E-state index in [4.69, 9.17) is 10.00 Å². The summed E-state index contributed by atoms with van der Waals surface area (Å²) in [7, 11) is 0. The third-order valence-electron chi connectivity index (χ3n) is 2.52. The van der Waals surface area contributed by atoms with Gasteiger partial charge in [0.15, 0.2) is 6.10 Å². The molecule has 1 aromatic carbocycles. The van der Waals surface area contributed by atoms with Gasteiger partial charge in [-0.05, 0) is 31.4 Å². The lowest BCUT2D eigenvalue weighted by molar-refractivity contribution is 0.277. The van der Waals surface area contributed by atoms with Gasteiger partial charge in [0.05, 0.1) is 5.69 Å². The summed E-state index contributed by atoms with van der Waals surface area (Å²) < 4.78 is 5.54. The SMILES string of the molecule is CC(C#N)Oc1cccc2c1NCCC2. The van der Waals surface area contributed by atoms with E-state index in [1.54, 1.807) is 6.92 Å². The number of nitrogens with one attached hydrogen (secondary N) is 1. The molecule has 3 heteroatoms. The molecule has 0 saturated carbocycles. The number of fused-ring (bicyclic) bond motifs is 1. The maximum absolute atomic E-state index is 8.70. The van der Waals surface area contributed by atoms with Crippen molar-refractivity contribution in [3.63, 3.8) is 0 Å². The highest BCUT2D eigenvalue weighted by Gasteiger charge is 2.14. The lowest BCUT2D eigenvalue weighted by Crippen LogP contribution is -2.15. The Labute approximate surface area is 89.7 Å². The predicted octanol–water partition coefficient (Wildman–Crippen LogP) is 2.34. The number of anilines is 1.